The maximum atomic E-state index is 13.8. The van der Waals surface area contributed by atoms with Gasteiger partial charge in [0.1, 0.15) is 11.6 Å². The quantitative estimate of drug-likeness (QED) is 0.944. The van der Waals surface area contributed by atoms with Gasteiger partial charge >= 0.3 is 0 Å². The molecule has 2 unspecified atom stereocenters. The SMILES string of the molecule is NC1(c2noc(C3CC3c3cc(F)ccc3F)n2)CCCC1. The van der Waals surface area contributed by atoms with E-state index in [1.54, 1.807) is 0 Å². The summed E-state index contributed by atoms with van der Waals surface area (Å²) in [6.07, 6.45) is 4.55. The first-order valence-corrected chi connectivity index (χ1v) is 7.65. The number of benzene rings is 1. The Balaban J connectivity index is 1.55. The van der Waals surface area contributed by atoms with E-state index in [9.17, 15) is 8.78 Å². The first-order valence-electron chi connectivity index (χ1n) is 7.65. The van der Waals surface area contributed by atoms with E-state index in [1.807, 2.05) is 0 Å². The van der Waals surface area contributed by atoms with E-state index in [0.29, 0.717) is 23.7 Å². The van der Waals surface area contributed by atoms with Crippen LogP contribution in [0.25, 0.3) is 0 Å². The molecule has 0 spiro atoms. The van der Waals surface area contributed by atoms with Crippen molar-refractivity contribution in [2.45, 2.75) is 49.5 Å². The lowest BCUT2D eigenvalue weighted by Gasteiger charge is -2.17. The summed E-state index contributed by atoms with van der Waals surface area (Å²) in [5, 5.41) is 4.02. The molecule has 4 rings (SSSR count). The smallest absolute Gasteiger partial charge is 0.230 e. The van der Waals surface area contributed by atoms with Crippen LogP contribution in [0.15, 0.2) is 22.7 Å². The fourth-order valence-electron chi connectivity index (χ4n) is 3.43. The normalized spacial score (nSPS) is 26.3. The molecule has 116 valence electrons. The van der Waals surface area contributed by atoms with Gasteiger partial charge < -0.3 is 10.3 Å². The van der Waals surface area contributed by atoms with E-state index in [1.165, 1.54) is 6.07 Å². The number of hydrogen-bond acceptors (Lipinski definition) is 4. The van der Waals surface area contributed by atoms with Crippen LogP contribution in [0.4, 0.5) is 8.78 Å². The fraction of sp³-hybridized carbons (Fsp3) is 0.500. The van der Waals surface area contributed by atoms with Crippen LogP contribution in [0, 0.1) is 11.6 Å². The van der Waals surface area contributed by atoms with Gasteiger partial charge in [-0.15, -0.1) is 0 Å². The van der Waals surface area contributed by atoms with Crippen molar-refractivity contribution < 1.29 is 13.3 Å². The van der Waals surface area contributed by atoms with E-state index in [0.717, 1.165) is 37.8 Å². The molecule has 2 saturated carbocycles. The number of aromatic nitrogens is 2. The molecule has 0 aliphatic heterocycles. The summed E-state index contributed by atoms with van der Waals surface area (Å²) in [7, 11) is 0. The van der Waals surface area contributed by atoms with E-state index in [-0.39, 0.29) is 17.7 Å². The predicted octanol–water partition coefficient (Wildman–Crippen LogP) is 3.35. The van der Waals surface area contributed by atoms with Crippen molar-refractivity contribution in [1.82, 2.24) is 10.1 Å². The van der Waals surface area contributed by atoms with E-state index < -0.39 is 11.4 Å². The molecular weight excluding hydrogens is 288 g/mol. The maximum Gasteiger partial charge on any atom is 0.230 e. The number of nitrogens with two attached hydrogens (primary N) is 1. The van der Waals surface area contributed by atoms with E-state index >= 15 is 0 Å². The third-order valence-electron chi connectivity index (χ3n) is 4.85. The summed E-state index contributed by atoms with van der Waals surface area (Å²) >= 11 is 0. The van der Waals surface area contributed by atoms with Gasteiger partial charge in [-0.25, -0.2) is 8.78 Å². The van der Waals surface area contributed by atoms with Crippen molar-refractivity contribution in [3.63, 3.8) is 0 Å². The molecule has 2 atom stereocenters. The molecule has 0 bridgehead atoms. The van der Waals surface area contributed by atoms with Crippen LogP contribution in [0.2, 0.25) is 0 Å². The Bertz CT molecular complexity index is 709. The molecule has 1 heterocycles. The average molecular weight is 305 g/mol. The molecule has 0 amide bonds. The fourth-order valence-corrected chi connectivity index (χ4v) is 3.43. The van der Waals surface area contributed by atoms with Crippen LogP contribution in [0.5, 0.6) is 0 Å². The zero-order chi connectivity index (χ0) is 15.3. The summed E-state index contributed by atoms with van der Waals surface area (Å²) in [5.41, 5.74) is 6.20. The molecule has 2 fully saturated rings. The van der Waals surface area contributed by atoms with Crippen LogP contribution in [0.1, 0.15) is 61.2 Å². The third kappa shape index (κ3) is 2.22. The second-order valence-electron chi connectivity index (χ2n) is 6.43. The van der Waals surface area contributed by atoms with Gasteiger partial charge in [0.15, 0.2) is 5.82 Å². The molecular formula is C16H17F2N3O. The van der Waals surface area contributed by atoms with Crippen LogP contribution < -0.4 is 5.73 Å². The summed E-state index contributed by atoms with van der Waals surface area (Å²) in [6, 6.07) is 3.53. The summed E-state index contributed by atoms with van der Waals surface area (Å²) in [5.74, 6) is 0.0782. The molecule has 1 aromatic carbocycles. The van der Waals surface area contributed by atoms with Crippen molar-refractivity contribution in [2.75, 3.05) is 0 Å². The number of halogens is 2. The van der Waals surface area contributed by atoms with Crippen molar-refractivity contribution in [3.8, 4) is 0 Å². The second kappa shape index (κ2) is 4.84. The largest absolute Gasteiger partial charge is 0.339 e. The molecule has 4 nitrogen and oxygen atoms in total. The first kappa shape index (κ1) is 13.8. The number of hydrogen-bond donors (Lipinski definition) is 1. The highest BCUT2D eigenvalue weighted by atomic mass is 19.1. The molecule has 2 N–H and O–H groups in total. The minimum absolute atomic E-state index is 0.0393. The van der Waals surface area contributed by atoms with Gasteiger partial charge in [0, 0.05) is 5.92 Å². The Labute approximate surface area is 126 Å². The van der Waals surface area contributed by atoms with Crippen LogP contribution in [-0.4, -0.2) is 10.1 Å². The monoisotopic (exact) mass is 305 g/mol. The molecule has 2 aliphatic rings. The van der Waals surface area contributed by atoms with Gasteiger partial charge in [0.2, 0.25) is 5.89 Å². The van der Waals surface area contributed by atoms with Gasteiger partial charge in [-0.05, 0) is 48.9 Å². The molecule has 0 saturated heterocycles. The minimum Gasteiger partial charge on any atom is -0.339 e. The van der Waals surface area contributed by atoms with Crippen LogP contribution in [0.3, 0.4) is 0 Å². The Morgan fingerprint density at radius 2 is 1.95 bits per heavy atom. The minimum atomic E-state index is -0.490. The summed E-state index contributed by atoms with van der Waals surface area (Å²) in [4.78, 5) is 4.43. The van der Waals surface area contributed by atoms with Crippen LogP contribution in [-0.2, 0) is 5.54 Å². The number of nitrogens with zero attached hydrogens (tertiary/aromatic N) is 2. The lowest BCUT2D eigenvalue weighted by molar-refractivity contribution is 0.348. The van der Waals surface area contributed by atoms with Crippen LogP contribution >= 0.6 is 0 Å². The van der Waals surface area contributed by atoms with Crippen molar-refractivity contribution in [2.24, 2.45) is 5.73 Å². The van der Waals surface area contributed by atoms with Crippen molar-refractivity contribution in [1.29, 1.82) is 0 Å². The average Bonchev–Trinajstić information content (AvgIpc) is 2.92. The summed E-state index contributed by atoms with van der Waals surface area (Å²) in [6.45, 7) is 0. The lowest BCUT2D eigenvalue weighted by Crippen LogP contribution is -2.34. The van der Waals surface area contributed by atoms with Gasteiger partial charge in [-0.2, -0.15) is 4.98 Å². The van der Waals surface area contributed by atoms with Gasteiger partial charge in [0.05, 0.1) is 5.54 Å². The van der Waals surface area contributed by atoms with Gasteiger partial charge in [-0.3, -0.25) is 0 Å². The van der Waals surface area contributed by atoms with Gasteiger partial charge in [0.25, 0.3) is 0 Å². The second-order valence-corrected chi connectivity index (χ2v) is 6.43. The first-order chi connectivity index (χ1) is 10.6. The Morgan fingerprint density at radius 1 is 1.18 bits per heavy atom. The highest BCUT2D eigenvalue weighted by molar-refractivity contribution is 5.32. The molecule has 1 aromatic heterocycles. The Hall–Kier alpha value is -1.82. The van der Waals surface area contributed by atoms with E-state index in [2.05, 4.69) is 10.1 Å². The van der Waals surface area contributed by atoms with Crippen molar-refractivity contribution in [3.05, 3.63) is 47.1 Å². The zero-order valence-electron chi connectivity index (χ0n) is 12.1. The third-order valence-corrected chi connectivity index (χ3v) is 4.85. The molecule has 6 heteroatoms. The molecule has 2 aromatic rings. The Kier molecular flexibility index (Phi) is 3.04. The summed E-state index contributed by atoms with van der Waals surface area (Å²) < 4.78 is 32.4. The highest BCUT2D eigenvalue weighted by Gasteiger charge is 2.46. The highest BCUT2D eigenvalue weighted by Crippen LogP contribution is 2.55. The van der Waals surface area contributed by atoms with Gasteiger partial charge in [-0.1, -0.05) is 18.0 Å². The molecule has 22 heavy (non-hydrogen) atoms. The molecule has 0 radical (unpaired) electrons. The standard InChI is InChI=1S/C16H17F2N3O/c17-9-3-4-13(18)11(7-9)10-8-12(10)14-20-15(21-22-14)16(19)5-1-2-6-16/h3-4,7,10,12H,1-2,5-6,8,19H2. The zero-order valence-corrected chi connectivity index (χ0v) is 12.1. The van der Waals surface area contributed by atoms with E-state index in [4.69, 9.17) is 10.3 Å². The lowest BCUT2D eigenvalue weighted by atomic mass is 9.99. The number of rotatable bonds is 3. The topological polar surface area (TPSA) is 64.9 Å². The Morgan fingerprint density at radius 3 is 2.73 bits per heavy atom. The molecule has 2 aliphatic carbocycles. The van der Waals surface area contributed by atoms with Crippen molar-refractivity contribution >= 4 is 0 Å². The maximum absolute atomic E-state index is 13.8. The predicted molar refractivity (Wildman–Crippen MR) is 75.1 cm³/mol.